The maximum Gasteiger partial charge on any atom is 0.325 e. The molecule has 7 nitrogen and oxygen atoms in total. The highest BCUT2D eigenvalue weighted by Crippen LogP contribution is 2.36. The molecule has 0 radical (unpaired) electrons. The smallest absolute Gasteiger partial charge is 0.323 e. The monoisotopic (exact) mass is 400 g/mol. The highest BCUT2D eigenvalue weighted by molar-refractivity contribution is 7.22. The normalized spacial score (nSPS) is 24.8. The maximum absolute atomic E-state index is 12.9. The van der Waals surface area contributed by atoms with Crippen molar-refractivity contribution in [3.63, 3.8) is 0 Å². The average molecular weight is 401 g/mol. The third-order valence-corrected chi connectivity index (χ3v) is 6.67. The van der Waals surface area contributed by atoms with Gasteiger partial charge in [-0.15, -0.1) is 0 Å². The predicted octanol–water partition coefficient (Wildman–Crippen LogP) is 3.35. The van der Waals surface area contributed by atoms with Gasteiger partial charge in [0.25, 0.3) is 5.91 Å². The summed E-state index contributed by atoms with van der Waals surface area (Å²) in [5.41, 5.74) is 2.22. The number of benzene rings is 1. The highest BCUT2D eigenvalue weighted by atomic mass is 32.1. The van der Waals surface area contributed by atoms with Gasteiger partial charge >= 0.3 is 6.03 Å². The second kappa shape index (κ2) is 6.84. The Kier molecular flexibility index (Phi) is 4.61. The molecule has 4 rings (SSSR count). The number of imide groups is 1. The molecule has 1 aromatic heterocycles. The van der Waals surface area contributed by atoms with E-state index in [1.54, 1.807) is 0 Å². The Morgan fingerprint density at radius 1 is 1.32 bits per heavy atom. The van der Waals surface area contributed by atoms with E-state index in [4.69, 9.17) is 0 Å². The minimum absolute atomic E-state index is 0.282. The molecule has 1 aliphatic heterocycles. The highest BCUT2D eigenvalue weighted by Gasteiger charge is 2.52. The second-order valence-electron chi connectivity index (χ2n) is 8.08. The summed E-state index contributed by atoms with van der Waals surface area (Å²) in [6.07, 6.45) is 3.06. The van der Waals surface area contributed by atoms with Crippen LogP contribution in [0.15, 0.2) is 12.1 Å². The standard InChI is InChI=1S/C20H24N4O3S/c1-11-4-6-20(7-5-11)17(26)24(19(27)23-20)10-15(25)21-18-22-16-13(3)8-12(2)9-14(16)28-18/h8-9,11H,4-7,10H2,1-3H3,(H,23,27)(H,21,22,25). The molecule has 1 saturated carbocycles. The van der Waals surface area contributed by atoms with Crippen LogP contribution in [-0.4, -0.2) is 39.8 Å². The quantitative estimate of drug-likeness (QED) is 0.773. The molecule has 0 atom stereocenters. The SMILES string of the molecule is Cc1cc(C)c2nc(NC(=O)CN3C(=O)NC4(CCC(C)CC4)C3=O)sc2c1. The van der Waals surface area contributed by atoms with Crippen LogP contribution in [0.2, 0.25) is 0 Å². The van der Waals surface area contributed by atoms with Crippen LogP contribution in [-0.2, 0) is 9.59 Å². The Labute approximate surface area is 167 Å². The summed E-state index contributed by atoms with van der Waals surface area (Å²) in [4.78, 5) is 43.2. The topological polar surface area (TPSA) is 91.4 Å². The van der Waals surface area contributed by atoms with Gasteiger partial charge in [0, 0.05) is 0 Å². The number of amides is 4. The Hall–Kier alpha value is -2.48. The zero-order valence-corrected chi connectivity index (χ0v) is 17.1. The van der Waals surface area contributed by atoms with Crippen molar-refractivity contribution in [3.8, 4) is 0 Å². The van der Waals surface area contributed by atoms with Crippen LogP contribution >= 0.6 is 11.3 Å². The third kappa shape index (κ3) is 3.26. The maximum atomic E-state index is 12.9. The van der Waals surface area contributed by atoms with Crippen LogP contribution in [0.5, 0.6) is 0 Å². The number of thiazole rings is 1. The molecule has 2 aliphatic rings. The number of fused-ring (bicyclic) bond motifs is 1. The van der Waals surface area contributed by atoms with Crippen LogP contribution in [0.1, 0.15) is 43.7 Å². The van der Waals surface area contributed by atoms with E-state index in [9.17, 15) is 14.4 Å². The van der Waals surface area contributed by atoms with Crippen LogP contribution < -0.4 is 10.6 Å². The molecule has 2 fully saturated rings. The van der Waals surface area contributed by atoms with Crippen molar-refractivity contribution in [3.05, 3.63) is 23.3 Å². The van der Waals surface area contributed by atoms with Crippen molar-refractivity contribution < 1.29 is 14.4 Å². The van der Waals surface area contributed by atoms with Gasteiger partial charge in [-0.25, -0.2) is 9.78 Å². The number of carbonyl (C=O) groups excluding carboxylic acids is 3. The number of carbonyl (C=O) groups is 3. The lowest BCUT2D eigenvalue weighted by atomic mass is 9.77. The molecular weight excluding hydrogens is 376 g/mol. The summed E-state index contributed by atoms with van der Waals surface area (Å²) in [7, 11) is 0. The van der Waals surface area contributed by atoms with Gasteiger partial charge in [-0.2, -0.15) is 0 Å². The van der Waals surface area contributed by atoms with Crippen molar-refractivity contribution in [2.24, 2.45) is 5.92 Å². The molecule has 0 unspecified atom stereocenters. The fraction of sp³-hybridized carbons (Fsp3) is 0.500. The molecule has 2 aromatic rings. The number of aromatic nitrogens is 1. The predicted molar refractivity (Wildman–Crippen MR) is 108 cm³/mol. The van der Waals surface area contributed by atoms with Gasteiger partial charge in [0.05, 0.1) is 10.2 Å². The van der Waals surface area contributed by atoms with Gasteiger partial charge < -0.3 is 10.6 Å². The molecule has 148 valence electrons. The molecule has 1 spiro atoms. The molecule has 1 saturated heterocycles. The van der Waals surface area contributed by atoms with Crippen LogP contribution in [0.25, 0.3) is 10.2 Å². The summed E-state index contributed by atoms with van der Waals surface area (Å²) in [6, 6.07) is 3.59. The Balaban J connectivity index is 1.46. The molecule has 28 heavy (non-hydrogen) atoms. The minimum atomic E-state index is -0.825. The van der Waals surface area contributed by atoms with Gasteiger partial charge in [-0.05, 0) is 62.6 Å². The van der Waals surface area contributed by atoms with Crippen molar-refractivity contribution >= 4 is 44.5 Å². The zero-order valence-electron chi connectivity index (χ0n) is 16.3. The van der Waals surface area contributed by atoms with Gasteiger partial charge in [-0.1, -0.05) is 24.3 Å². The van der Waals surface area contributed by atoms with Crippen molar-refractivity contribution in [2.45, 2.75) is 52.0 Å². The second-order valence-corrected chi connectivity index (χ2v) is 9.11. The summed E-state index contributed by atoms with van der Waals surface area (Å²) in [5.74, 6) is -0.146. The Bertz CT molecular complexity index is 975. The molecule has 0 bridgehead atoms. The number of nitrogens with zero attached hydrogens (tertiary/aromatic N) is 2. The fourth-order valence-electron chi connectivity index (χ4n) is 4.14. The van der Waals surface area contributed by atoms with E-state index in [1.807, 2.05) is 26.0 Å². The average Bonchev–Trinajstić information content (AvgIpc) is 3.12. The van der Waals surface area contributed by atoms with Crippen molar-refractivity contribution in [1.82, 2.24) is 15.2 Å². The molecule has 4 amide bonds. The van der Waals surface area contributed by atoms with Crippen molar-refractivity contribution in [2.75, 3.05) is 11.9 Å². The fourth-order valence-corrected chi connectivity index (χ4v) is 5.20. The van der Waals surface area contributed by atoms with Crippen LogP contribution in [0, 0.1) is 19.8 Å². The van der Waals surface area contributed by atoms with E-state index < -0.39 is 17.5 Å². The van der Waals surface area contributed by atoms with E-state index in [0.29, 0.717) is 23.9 Å². The third-order valence-electron chi connectivity index (χ3n) is 5.75. The van der Waals surface area contributed by atoms with Gasteiger partial charge in [-0.3, -0.25) is 14.5 Å². The first-order valence-electron chi connectivity index (χ1n) is 9.59. The van der Waals surface area contributed by atoms with E-state index in [-0.39, 0.29) is 12.5 Å². The number of rotatable bonds is 3. The van der Waals surface area contributed by atoms with E-state index in [2.05, 4.69) is 22.5 Å². The first kappa shape index (κ1) is 18.9. The molecule has 2 heterocycles. The number of nitrogens with one attached hydrogen (secondary N) is 2. The van der Waals surface area contributed by atoms with Crippen molar-refractivity contribution in [1.29, 1.82) is 0 Å². The lowest BCUT2D eigenvalue weighted by molar-refractivity contribution is -0.135. The summed E-state index contributed by atoms with van der Waals surface area (Å²) < 4.78 is 0.998. The minimum Gasteiger partial charge on any atom is -0.323 e. The summed E-state index contributed by atoms with van der Waals surface area (Å²) in [5, 5.41) is 6.05. The largest absolute Gasteiger partial charge is 0.325 e. The Morgan fingerprint density at radius 2 is 2.04 bits per heavy atom. The van der Waals surface area contributed by atoms with Crippen LogP contribution in [0.3, 0.4) is 0 Å². The van der Waals surface area contributed by atoms with E-state index in [0.717, 1.165) is 39.1 Å². The Morgan fingerprint density at radius 3 is 2.75 bits per heavy atom. The number of hydrogen-bond acceptors (Lipinski definition) is 5. The van der Waals surface area contributed by atoms with Gasteiger partial charge in [0.1, 0.15) is 12.1 Å². The molecule has 2 N–H and O–H groups in total. The molecule has 1 aliphatic carbocycles. The van der Waals surface area contributed by atoms with Gasteiger partial charge in [0.2, 0.25) is 5.91 Å². The van der Waals surface area contributed by atoms with Crippen LogP contribution in [0.4, 0.5) is 9.93 Å². The number of urea groups is 1. The summed E-state index contributed by atoms with van der Waals surface area (Å²) >= 11 is 1.39. The summed E-state index contributed by atoms with van der Waals surface area (Å²) in [6.45, 7) is 5.86. The number of aryl methyl sites for hydroxylation is 2. The lowest BCUT2D eigenvalue weighted by Crippen LogP contribution is -2.49. The number of anilines is 1. The lowest BCUT2D eigenvalue weighted by Gasteiger charge is -2.33. The zero-order chi connectivity index (χ0) is 20.1. The molecule has 1 aromatic carbocycles. The van der Waals surface area contributed by atoms with E-state index >= 15 is 0 Å². The first-order valence-corrected chi connectivity index (χ1v) is 10.4. The van der Waals surface area contributed by atoms with Gasteiger partial charge in [0.15, 0.2) is 5.13 Å². The number of hydrogen-bond donors (Lipinski definition) is 2. The molecular formula is C20H24N4O3S. The molecule has 8 heteroatoms. The van der Waals surface area contributed by atoms with E-state index in [1.165, 1.54) is 11.3 Å². The first-order chi connectivity index (χ1) is 13.3.